The van der Waals surface area contributed by atoms with E-state index in [1.165, 1.54) is 5.31 Å². The molecule has 0 spiro atoms. The minimum absolute atomic E-state index is 0.920. The molecule has 0 fully saturated rings. The zero-order chi connectivity index (χ0) is 11.0. The van der Waals surface area contributed by atoms with Crippen molar-refractivity contribution < 1.29 is 1.41 Å². The topological polar surface area (TPSA) is 12.0 Å². The lowest BCUT2D eigenvalue weighted by Gasteiger charge is -2.08. The summed E-state index contributed by atoms with van der Waals surface area (Å²) in [5.74, 6) is 0. The molecule has 0 radical (unpaired) electrons. The number of rotatable bonds is 0. The van der Waals surface area contributed by atoms with Crippen LogP contribution in [0.1, 0.15) is 11.1 Å². The van der Waals surface area contributed by atoms with Crippen molar-refractivity contribution in [2.75, 3.05) is 5.31 Å². The molecule has 1 aliphatic heterocycles. The number of hydrogen-bond acceptors (Lipinski definition) is 1. The molecule has 1 N–H and O–H groups in total. The highest BCUT2D eigenvalue weighted by Gasteiger charge is 2.05. The van der Waals surface area contributed by atoms with Gasteiger partial charge in [-0.15, -0.1) is 0 Å². The molecule has 0 atom stereocenters. The van der Waals surface area contributed by atoms with E-state index in [4.69, 9.17) is 1.41 Å². The van der Waals surface area contributed by atoms with E-state index < -0.39 is 0 Å². The Morgan fingerprint density at radius 3 is 1.73 bits per heavy atom. The fraction of sp³-hybridized carbons (Fsp3) is 0. The molecule has 0 aliphatic carbocycles. The van der Waals surface area contributed by atoms with Gasteiger partial charge in [0.2, 0.25) is 0 Å². The predicted octanol–water partition coefficient (Wildman–Crippen LogP) is 3.91. The average Bonchev–Trinajstić information content (AvgIpc) is 2.49. The standard InChI is InChI=1S/C14H11N/c1-3-7-13-11(5-1)9-10-12-6-2-4-8-14(12)15-13/h1-10,15H/i/hD. The molecule has 0 amide bonds. The van der Waals surface area contributed by atoms with Gasteiger partial charge in [0.15, 0.2) is 1.41 Å². The molecule has 0 unspecified atom stereocenters. The van der Waals surface area contributed by atoms with Crippen LogP contribution in [0, 0.1) is 0 Å². The second-order valence-electron chi connectivity index (χ2n) is 3.56. The first-order chi connectivity index (χ1) is 7.86. The Labute approximate surface area is 90.5 Å². The van der Waals surface area contributed by atoms with Gasteiger partial charge >= 0.3 is 0 Å². The van der Waals surface area contributed by atoms with E-state index in [-0.39, 0.29) is 0 Å². The lowest BCUT2D eigenvalue weighted by atomic mass is 10.1. The monoisotopic (exact) mass is 194 g/mol. The van der Waals surface area contributed by atoms with Gasteiger partial charge in [0.05, 0.1) is 0 Å². The largest absolute Gasteiger partial charge is 0.355 e. The third-order valence-corrected chi connectivity index (χ3v) is 2.56. The van der Waals surface area contributed by atoms with E-state index in [9.17, 15) is 0 Å². The Morgan fingerprint density at radius 2 is 1.20 bits per heavy atom. The van der Waals surface area contributed by atoms with Crippen LogP contribution in [0.25, 0.3) is 12.2 Å². The molecule has 1 nitrogen and oxygen atoms in total. The van der Waals surface area contributed by atoms with Gasteiger partial charge in [0.25, 0.3) is 0 Å². The van der Waals surface area contributed by atoms with Crippen molar-refractivity contribution in [3.63, 3.8) is 0 Å². The molecule has 15 heavy (non-hydrogen) atoms. The summed E-state index contributed by atoms with van der Waals surface area (Å²) in [5.41, 5.74) is 4.00. The first kappa shape index (κ1) is 7.30. The first-order valence-electron chi connectivity index (χ1n) is 5.46. The van der Waals surface area contributed by atoms with Crippen molar-refractivity contribution in [3.8, 4) is 0 Å². The van der Waals surface area contributed by atoms with Crippen molar-refractivity contribution >= 4 is 23.5 Å². The molecule has 2 aromatic rings. The summed E-state index contributed by atoms with van der Waals surface area (Å²) in [4.78, 5) is 0. The van der Waals surface area contributed by atoms with Crippen LogP contribution >= 0.6 is 0 Å². The predicted molar refractivity (Wildman–Crippen MR) is 65.1 cm³/mol. The molecule has 3 rings (SSSR count). The maximum Gasteiger partial charge on any atom is 0.167 e. The Bertz CT molecular complexity index is 511. The summed E-state index contributed by atoms with van der Waals surface area (Å²) in [6.45, 7) is 0. The van der Waals surface area contributed by atoms with E-state index in [1.54, 1.807) is 0 Å². The smallest absolute Gasteiger partial charge is 0.167 e. The highest BCUT2D eigenvalue weighted by atomic mass is 14.9. The van der Waals surface area contributed by atoms with E-state index in [2.05, 4.69) is 12.2 Å². The number of fused-ring (bicyclic) bond motifs is 2. The molecular formula is C14H11N. The van der Waals surface area contributed by atoms with Gasteiger partial charge in [-0.05, 0) is 23.3 Å². The zero-order valence-corrected chi connectivity index (χ0v) is 8.22. The van der Waals surface area contributed by atoms with Gasteiger partial charge in [-0.3, -0.25) is 0 Å². The average molecular weight is 194 g/mol. The van der Waals surface area contributed by atoms with Gasteiger partial charge in [0.1, 0.15) is 0 Å². The van der Waals surface area contributed by atoms with Gasteiger partial charge < -0.3 is 5.31 Å². The molecule has 0 aromatic heterocycles. The molecule has 0 saturated heterocycles. The molecule has 0 saturated carbocycles. The Morgan fingerprint density at radius 1 is 0.733 bits per heavy atom. The molecule has 1 aliphatic rings. The van der Waals surface area contributed by atoms with Gasteiger partial charge in [0, 0.05) is 11.4 Å². The second kappa shape index (κ2) is 3.28. The molecular weight excluding hydrogens is 182 g/mol. The maximum atomic E-state index is 8.17. The summed E-state index contributed by atoms with van der Waals surface area (Å²) >= 11 is 0. The summed E-state index contributed by atoms with van der Waals surface area (Å²) < 4.78 is 8.17. The lowest BCUT2D eigenvalue weighted by molar-refractivity contribution is 1.53. The van der Waals surface area contributed by atoms with Crippen LogP contribution in [0.2, 0.25) is 1.41 Å². The number of anilines is 2. The van der Waals surface area contributed by atoms with Gasteiger partial charge in [-0.1, -0.05) is 48.6 Å². The summed E-state index contributed by atoms with van der Waals surface area (Å²) in [6, 6.07) is 15.9. The van der Waals surface area contributed by atoms with E-state index in [0.717, 1.165) is 22.5 Å². The van der Waals surface area contributed by atoms with Crippen LogP contribution in [-0.4, -0.2) is 0 Å². The highest BCUT2D eigenvalue weighted by Crippen LogP contribution is 2.29. The fourth-order valence-electron chi connectivity index (χ4n) is 1.77. The summed E-state index contributed by atoms with van der Waals surface area (Å²) in [5, 5.41) is 1.49. The van der Waals surface area contributed by atoms with Crippen LogP contribution in [0.3, 0.4) is 0 Å². The Hall–Kier alpha value is -2.02. The Balaban J connectivity index is 2.26. The van der Waals surface area contributed by atoms with Crippen molar-refractivity contribution in [3.05, 3.63) is 59.7 Å². The van der Waals surface area contributed by atoms with Gasteiger partial charge in [-0.2, -0.15) is 0 Å². The normalized spacial score (nSPS) is 13.9. The van der Waals surface area contributed by atoms with Crippen molar-refractivity contribution in [1.29, 1.82) is 0 Å². The van der Waals surface area contributed by atoms with Crippen LogP contribution in [0.4, 0.5) is 11.4 Å². The minimum atomic E-state index is 0.920. The quantitative estimate of drug-likeness (QED) is 0.670. The maximum absolute atomic E-state index is 8.17. The van der Waals surface area contributed by atoms with Crippen molar-refractivity contribution in [1.82, 2.24) is 0 Å². The molecule has 1 heterocycles. The van der Waals surface area contributed by atoms with Crippen LogP contribution in [-0.2, 0) is 0 Å². The van der Waals surface area contributed by atoms with Crippen molar-refractivity contribution in [2.24, 2.45) is 0 Å². The van der Waals surface area contributed by atoms with E-state index >= 15 is 0 Å². The molecule has 0 bridgehead atoms. The zero-order valence-electron chi connectivity index (χ0n) is 9.22. The van der Waals surface area contributed by atoms with Crippen LogP contribution in [0.15, 0.2) is 48.5 Å². The van der Waals surface area contributed by atoms with E-state index in [1.807, 2.05) is 48.5 Å². The Kier molecular flexibility index (Phi) is 1.60. The number of benzene rings is 2. The highest BCUT2D eigenvalue weighted by molar-refractivity contribution is 5.87. The number of para-hydroxylation sites is 2. The lowest BCUT2D eigenvalue weighted by Crippen LogP contribution is -1.92. The second-order valence-corrected chi connectivity index (χ2v) is 3.56. The molecule has 2 aromatic carbocycles. The number of hydrogen-bond donors (Lipinski definition) is 1. The molecule has 1 heteroatoms. The summed E-state index contributed by atoms with van der Waals surface area (Å²) in [6.07, 6.45) is 4.12. The molecule has 72 valence electrons. The number of nitrogens with one attached hydrogen (secondary N) is 1. The van der Waals surface area contributed by atoms with Crippen molar-refractivity contribution in [2.45, 2.75) is 0 Å². The van der Waals surface area contributed by atoms with Crippen LogP contribution in [0.5, 0.6) is 0 Å². The third-order valence-electron chi connectivity index (χ3n) is 2.56. The SMILES string of the molecule is [2H]N1c2ccccc2C=Cc2ccccc21. The fourth-order valence-corrected chi connectivity index (χ4v) is 1.77. The third kappa shape index (κ3) is 1.42. The van der Waals surface area contributed by atoms with Crippen LogP contribution < -0.4 is 5.31 Å². The van der Waals surface area contributed by atoms with E-state index in [0.29, 0.717) is 0 Å². The van der Waals surface area contributed by atoms with Gasteiger partial charge in [-0.25, -0.2) is 0 Å². The first-order valence-corrected chi connectivity index (χ1v) is 5.01. The minimum Gasteiger partial charge on any atom is -0.355 e. The summed E-state index contributed by atoms with van der Waals surface area (Å²) in [7, 11) is 0.